The number of hydrogen-bond acceptors (Lipinski definition) is 3. The van der Waals surface area contributed by atoms with Gasteiger partial charge in [0.05, 0.1) is 23.1 Å². The highest BCUT2D eigenvalue weighted by Gasteiger charge is 2.17. The van der Waals surface area contributed by atoms with Gasteiger partial charge < -0.3 is 10.1 Å². The Balaban J connectivity index is 1.80. The Hall–Kier alpha value is -1.88. The van der Waals surface area contributed by atoms with Gasteiger partial charge in [0, 0.05) is 6.54 Å². The minimum absolute atomic E-state index is 0.291. The van der Waals surface area contributed by atoms with Gasteiger partial charge in [-0.15, -0.1) is 0 Å². The van der Waals surface area contributed by atoms with Gasteiger partial charge in [-0.05, 0) is 43.5 Å². The largest absolute Gasteiger partial charge is 0.478 e. The van der Waals surface area contributed by atoms with Crippen LogP contribution in [0.3, 0.4) is 0 Å². The summed E-state index contributed by atoms with van der Waals surface area (Å²) in [5.41, 5.74) is 1.92. The zero-order valence-electron chi connectivity index (χ0n) is 11.6. The highest BCUT2D eigenvalue weighted by molar-refractivity contribution is 5.92. The molecule has 2 aromatic rings. The van der Waals surface area contributed by atoms with Gasteiger partial charge in [0.15, 0.2) is 0 Å². The number of imidazole rings is 1. The molecule has 1 aliphatic heterocycles. The fourth-order valence-corrected chi connectivity index (χ4v) is 2.91. The van der Waals surface area contributed by atoms with Gasteiger partial charge >= 0.3 is 5.97 Å². The van der Waals surface area contributed by atoms with Crippen LogP contribution in [0.2, 0.25) is 0 Å². The van der Waals surface area contributed by atoms with Crippen LogP contribution in [0.15, 0.2) is 18.2 Å². The van der Waals surface area contributed by atoms with Crippen molar-refractivity contribution < 1.29 is 9.90 Å². The molecule has 1 atom stereocenters. The first-order chi connectivity index (χ1) is 9.61. The number of rotatable bonds is 3. The van der Waals surface area contributed by atoms with E-state index in [9.17, 15) is 4.79 Å². The van der Waals surface area contributed by atoms with Crippen LogP contribution in [-0.4, -0.2) is 39.0 Å². The minimum Gasteiger partial charge on any atom is -0.478 e. The van der Waals surface area contributed by atoms with Crippen LogP contribution >= 0.6 is 0 Å². The van der Waals surface area contributed by atoms with Crippen LogP contribution in [0, 0.1) is 5.92 Å². The summed E-state index contributed by atoms with van der Waals surface area (Å²) >= 11 is 0. The number of carbonyl (C=O) groups is 1. The lowest BCUT2D eigenvalue weighted by molar-refractivity contribution is 0.0697. The number of carboxylic acids is 1. The molecule has 0 aliphatic carbocycles. The minimum atomic E-state index is -0.909. The maximum atomic E-state index is 11.0. The molecule has 1 unspecified atom stereocenters. The molecule has 20 heavy (non-hydrogen) atoms. The monoisotopic (exact) mass is 273 g/mol. The molecule has 0 bridgehead atoms. The van der Waals surface area contributed by atoms with E-state index < -0.39 is 5.97 Å². The summed E-state index contributed by atoms with van der Waals surface area (Å²) in [5.74, 6) is 0.747. The van der Waals surface area contributed by atoms with Crippen molar-refractivity contribution in [1.29, 1.82) is 0 Å². The van der Waals surface area contributed by atoms with E-state index in [4.69, 9.17) is 5.11 Å². The molecule has 5 nitrogen and oxygen atoms in total. The van der Waals surface area contributed by atoms with Crippen molar-refractivity contribution in [3.05, 3.63) is 29.6 Å². The number of fused-ring (bicyclic) bond motifs is 1. The third-order valence-corrected chi connectivity index (χ3v) is 3.89. The van der Waals surface area contributed by atoms with Crippen molar-refractivity contribution in [2.45, 2.75) is 26.3 Å². The molecule has 1 aromatic heterocycles. The zero-order valence-corrected chi connectivity index (χ0v) is 11.6. The number of hydrogen-bond donors (Lipinski definition) is 2. The number of benzene rings is 1. The Morgan fingerprint density at radius 2 is 2.40 bits per heavy atom. The van der Waals surface area contributed by atoms with E-state index in [1.54, 1.807) is 18.2 Å². The second-order valence-corrected chi connectivity index (χ2v) is 5.70. The summed E-state index contributed by atoms with van der Waals surface area (Å²) in [6.07, 6.45) is 2.54. The van der Waals surface area contributed by atoms with E-state index in [2.05, 4.69) is 21.8 Å². The highest BCUT2D eigenvalue weighted by Crippen LogP contribution is 2.19. The number of H-pyrrole nitrogens is 1. The standard InChI is InChI=1S/C15H19N3O2/c1-10-3-2-6-18(8-10)9-14-16-12-5-4-11(15(19)20)7-13(12)17-14/h4-5,7,10H,2-3,6,8-9H2,1H3,(H,16,17)(H,19,20). The molecule has 0 amide bonds. The van der Waals surface area contributed by atoms with Gasteiger partial charge in [-0.1, -0.05) is 6.92 Å². The van der Waals surface area contributed by atoms with Crippen molar-refractivity contribution in [3.63, 3.8) is 0 Å². The van der Waals surface area contributed by atoms with Gasteiger partial charge in [0.1, 0.15) is 5.82 Å². The molecule has 2 N–H and O–H groups in total. The third kappa shape index (κ3) is 2.67. The first kappa shape index (κ1) is 13.1. The first-order valence-electron chi connectivity index (χ1n) is 7.06. The van der Waals surface area contributed by atoms with E-state index in [0.29, 0.717) is 5.56 Å². The molecule has 5 heteroatoms. The Morgan fingerprint density at radius 3 is 3.15 bits per heavy atom. The third-order valence-electron chi connectivity index (χ3n) is 3.89. The van der Waals surface area contributed by atoms with Crippen molar-refractivity contribution in [1.82, 2.24) is 14.9 Å². The Labute approximate surface area is 117 Å². The quantitative estimate of drug-likeness (QED) is 0.901. The Bertz CT molecular complexity index is 635. The van der Waals surface area contributed by atoms with E-state index in [1.807, 2.05) is 0 Å². The van der Waals surface area contributed by atoms with Crippen molar-refractivity contribution in [3.8, 4) is 0 Å². The molecule has 1 aliphatic rings. The van der Waals surface area contributed by atoms with Gasteiger partial charge in [-0.3, -0.25) is 4.90 Å². The number of nitrogens with one attached hydrogen (secondary N) is 1. The number of aromatic nitrogens is 2. The SMILES string of the molecule is CC1CCCN(Cc2nc3ccc(C(=O)O)cc3[nH]2)C1. The Kier molecular flexibility index (Phi) is 3.44. The number of aromatic carboxylic acids is 1. The molecule has 3 rings (SSSR count). The molecule has 0 radical (unpaired) electrons. The van der Waals surface area contributed by atoms with E-state index >= 15 is 0 Å². The van der Waals surface area contributed by atoms with Crippen LogP contribution in [0.25, 0.3) is 11.0 Å². The lowest BCUT2D eigenvalue weighted by atomic mass is 10.0. The molecule has 0 saturated carbocycles. The smallest absolute Gasteiger partial charge is 0.335 e. The van der Waals surface area contributed by atoms with E-state index in [0.717, 1.165) is 42.4 Å². The number of piperidine rings is 1. The van der Waals surface area contributed by atoms with Crippen molar-refractivity contribution >= 4 is 17.0 Å². The number of nitrogens with zero attached hydrogens (tertiary/aromatic N) is 2. The average Bonchev–Trinajstić information content (AvgIpc) is 2.79. The van der Waals surface area contributed by atoms with Crippen LogP contribution in [0.1, 0.15) is 35.9 Å². The summed E-state index contributed by atoms with van der Waals surface area (Å²) in [6.45, 7) is 5.31. The topological polar surface area (TPSA) is 69.2 Å². The fraction of sp³-hybridized carbons (Fsp3) is 0.467. The highest BCUT2D eigenvalue weighted by atomic mass is 16.4. The summed E-state index contributed by atoms with van der Waals surface area (Å²) in [7, 11) is 0. The molecular formula is C15H19N3O2. The molecule has 1 fully saturated rings. The van der Waals surface area contributed by atoms with Gasteiger partial charge in [-0.2, -0.15) is 0 Å². The van der Waals surface area contributed by atoms with Gasteiger partial charge in [0.2, 0.25) is 0 Å². The molecular weight excluding hydrogens is 254 g/mol. The van der Waals surface area contributed by atoms with E-state index in [1.165, 1.54) is 12.8 Å². The van der Waals surface area contributed by atoms with E-state index in [-0.39, 0.29) is 0 Å². The Morgan fingerprint density at radius 1 is 1.55 bits per heavy atom. The van der Waals surface area contributed by atoms with Crippen LogP contribution in [0.5, 0.6) is 0 Å². The predicted octanol–water partition coefficient (Wildman–Crippen LogP) is 2.49. The number of likely N-dealkylation sites (tertiary alicyclic amines) is 1. The summed E-state index contributed by atoms with van der Waals surface area (Å²) in [5, 5.41) is 9.00. The zero-order chi connectivity index (χ0) is 14.1. The first-order valence-corrected chi connectivity index (χ1v) is 7.06. The normalized spacial score (nSPS) is 20.4. The van der Waals surface area contributed by atoms with Gasteiger partial charge in [0.25, 0.3) is 0 Å². The lowest BCUT2D eigenvalue weighted by Gasteiger charge is -2.29. The van der Waals surface area contributed by atoms with Crippen LogP contribution in [-0.2, 0) is 6.54 Å². The molecule has 0 spiro atoms. The van der Waals surface area contributed by atoms with Crippen LogP contribution < -0.4 is 0 Å². The second kappa shape index (κ2) is 5.25. The predicted molar refractivity (Wildman–Crippen MR) is 76.7 cm³/mol. The summed E-state index contributed by atoms with van der Waals surface area (Å²) in [4.78, 5) is 21.1. The molecule has 106 valence electrons. The average molecular weight is 273 g/mol. The molecule has 1 saturated heterocycles. The van der Waals surface area contributed by atoms with Gasteiger partial charge in [-0.25, -0.2) is 9.78 Å². The maximum Gasteiger partial charge on any atom is 0.335 e. The number of aromatic amines is 1. The van der Waals surface area contributed by atoms with Crippen molar-refractivity contribution in [2.75, 3.05) is 13.1 Å². The summed E-state index contributed by atoms with van der Waals surface area (Å²) < 4.78 is 0. The molecule has 1 aromatic carbocycles. The van der Waals surface area contributed by atoms with Crippen molar-refractivity contribution in [2.24, 2.45) is 5.92 Å². The fourth-order valence-electron chi connectivity index (χ4n) is 2.91. The summed E-state index contributed by atoms with van der Waals surface area (Å²) in [6, 6.07) is 5.00. The maximum absolute atomic E-state index is 11.0. The van der Waals surface area contributed by atoms with Crippen LogP contribution in [0.4, 0.5) is 0 Å². The number of carboxylic acid groups (broad SMARTS) is 1. The second-order valence-electron chi connectivity index (χ2n) is 5.70. The lowest BCUT2D eigenvalue weighted by Crippen LogP contribution is -2.34. The molecule has 2 heterocycles.